The van der Waals surface area contributed by atoms with Crippen molar-refractivity contribution in [1.82, 2.24) is 9.80 Å². The van der Waals surface area contributed by atoms with E-state index >= 15 is 0 Å². The predicted octanol–water partition coefficient (Wildman–Crippen LogP) is 3.63. The van der Waals surface area contributed by atoms with E-state index in [-0.39, 0.29) is 29.6 Å². The summed E-state index contributed by atoms with van der Waals surface area (Å²) in [6, 6.07) is 8.30. The Morgan fingerprint density at radius 2 is 1.83 bits per heavy atom. The van der Waals surface area contributed by atoms with Crippen LogP contribution in [0.15, 0.2) is 24.3 Å². The van der Waals surface area contributed by atoms with E-state index in [1.54, 1.807) is 7.11 Å². The number of fused-ring (bicyclic) bond motifs is 1. The van der Waals surface area contributed by atoms with Crippen LogP contribution in [0, 0.1) is 5.41 Å². The molecule has 1 fully saturated rings. The molecule has 0 spiro atoms. The third-order valence-corrected chi connectivity index (χ3v) is 6.11. The van der Waals surface area contributed by atoms with Gasteiger partial charge in [0, 0.05) is 26.5 Å². The fraction of sp³-hybridized carbons (Fsp3) is 0.667. The van der Waals surface area contributed by atoms with Crippen LogP contribution in [-0.4, -0.2) is 60.7 Å². The van der Waals surface area contributed by atoms with E-state index in [9.17, 15) is 9.59 Å². The molecule has 0 radical (unpaired) electrons. The van der Waals surface area contributed by atoms with E-state index in [0.717, 1.165) is 44.5 Å². The first-order valence-electron chi connectivity index (χ1n) is 11.2. The number of hydrogen-bond acceptors (Lipinski definition) is 5. The summed E-state index contributed by atoms with van der Waals surface area (Å²) in [5.74, 6) is 0.846. The molecule has 2 amide bonds. The molecule has 0 aliphatic carbocycles. The fourth-order valence-electron chi connectivity index (χ4n) is 4.60. The SMILES string of the molecule is CCCN(CCCCN1C(=O)CC(C)(C)CC1=O)C1Cc2ccccc2OC1OC. The molecule has 2 aliphatic rings. The molecule has 1 aromatic carbocycles. The van der Waals surface area contributed by atoms with Crippen LogP contribution < -0.4 is 4.74 Å². The van der Waals surface area contributed by atoms with E-state index in [2.05, 4.69) is 17.9 Å². The summed E-state index contributed by atoms with van der Waals surface area (Å²) in [7, 11) is 1.70. The van der Waals surface area contributed by atoms with Crippen molar-refractivity contribution in [1.29, 1.82) is 0 Å². The number of rotatable bonds is 9. The van der Waals surface area contributed by atoms with Crippen molar-refractivity contribution in [3.63, 3.8) is 0 Å². The molecule has 166 valence electrons. The van der Waals surface area contributed by atoms with Crippen LogP contribution in [0.25, 0.3) is 0 Å². The number of hydrogen-bond donors (Lipinski definition) is 0. The van der Waals surface area contributed by atoms with Crippen molar-refractivity contribution in [2.24, 2.45) is 5.41 Å². The number of ether oxygens (including phenoxy) is 2. The van der Waals surface area contributed by atoms with Crippen molar-refractivity contribution < 1.29 is 19.1 Å². The molecular formula is C24H36N2O4. The first-order chi connectivity index (χ1) is 14.3. The maximum absolute atomic E-state index is 12.4. The highest BCUT2D eigenvalue weighted by atomic mass is 16.7. The van der Waals surface area contributed by atoms with E-state index in [4.69, 9.17) is 9.47 Å². The average Bonchev–Trinajstić information content (AvgIpc) is 2.70. The Bertz CT molecular complexity index is 728. The first-order valence-corrected chi connectivity index (χ1v) is 11.2. The Kier molecular flexibility index (Phi) is 7.53. The van der Waals surface area contributed by atoms with Crippen LogP contribution >= 0.6 is 0 Å². The predicted molar refractivity (Wildman–Crippen MR) is 116 cm³/mol. The summed E-state index contributed by atoms with van der Waals surface area (Å²) in [6.07, 6.45) is 4.30. The second-order valence-electron chi connectivity index (χ2n) is 9.30. The van der Waals surface area contributed by atoms with Crippen LogP contribution in [0.1, 0.15) is 58.4 Å². The van der Waals surface area contributed by atoms with Crippen LogP contribution in [-0.2, 0) is 20.7 Å². The number of piperidine rings is 1. The number of benzene rings is 1. The Labute approximate surface area is 180 Å². The molecule has 3 rings (SSSR count). The normalized spacial score (nSPS) is 23.4. The van der Waals surface area contributed by atoms with Gasteiger partial charge in [-0.2, -0.15) is 0 Å². The van der Waals surface area contributed by atoms with Crippen molar-refractivity contribution in [3.8, 4) is 5.75 Å². The Balaban J connectivity index is 1.56. The summed E-state index contributed by atoms with van der Waals surface area (Å²) in [5.41, 5.74) is 0.999. The third kappa shape index (κ3) is 5.41. The van der Waals surface area contributed by atoms with E-state index in [1.807, 2.05) is 32.0 Å². The van der Waals surface area contributed by atoms with Gasteiger partial charge in [0.15, 0.2) is 0 Å². The highest BCUT2D eigenvalue weighted by Crippen LogP contribution is 2.32. The molecule has 2 atom stereocenters. The zero-order chi connectivity index (χ0) is 21.7. The standard InChI is InChI=1S/C24H36N2O4/c1-5-12-25(19-15-18-10-6-7-11-20(18)30-23(19)29-4)13-8-9-14-26-21(27)16-24(2,3)17-22(26)28/h6-7,10-11,19,23H,5,8-9,12-17H2,1-4H3. The molecule has 2 unspecified atom stereocenters. The summed E-state index contributed by atoms with van der Waals surface area (Å²) < 4.78 is 11.8. The van der Waals surface area contributed by atoms with Crippen molar-refractivity contribution in [2.45, 2.75) is 71.6 Å². The Morgan fingerprint density at radius 3 is 2.50 bits per heavy atom. The highest BCUT2D eigenvalue weighted by molar-refractivity contribution is 5.98. The summed E-state index contributed by atoms with van der Waals surface area (Å²) in [6.45, 7) is 8.53. The largest absolute Gasteiger partial charge is 0.463 e. The number of unbranched alkanes of at least 4 members (excludes halogenated alkanes) is 1. The number of nitrogens with zero attached hydrogens (tertiary/aromatic N) is 2. The topological polar surface area (TPSA) is 59.1 Å². The molecule has 0 aromatic heterocycles. The number of amides is 2. The molecule has 1 aromatic rings. The highest BCUT2D eigenvalue weighted by Gasteiger charge is 2.37. The first kappa shape index (κ1) is 22.8. The van der Waals surface area contributed by atoms with Gasteiger partial charge in [0.25, 0.3) is 0 Å². The van der Waals surface area contributed by atoms with Gasteiger partial charge in [0.2, 0.25) is 18.1 Å². The molecule has 1 saturated heterocycles. The number of carbonyl (C=O) groups excluding carboxylic acids is 2. The molecule has 0 N–H and O–H groups in total. The molecule has 6 heteroatoms. The lowest BCUT2D eigenvalue weighted by Gasteiger charge is -2.40. The number of methoxy groups -OCH3 is 1. The lowest BCUT2D eigenvalue weighted by molar-refractivity contribution is -0.152. The molecule has 0 saturated carbocycles. The van der Waals surface area contributed by atoms with E-state index in [1.165, 1.54) is 10.5 Å². The molecule has 0 bridgehead atoms. The van der Waals surface area contributed by atoms with Crippen LogP contribution in [0.5, 0.6) is 5.75 Å². The summed E-state index contributed by atoms with van der Waals surface area (Å²) >= 11 is 0. The van der Waals surface area contributed by atoms with Gasteiger partial charge in [0.1, 0.15) is 5.75 Å². The quantitative estimate of drug-likeness (QED) is 0.454. The molecule has 6 nitrogen and oxygen atoms in total. The van der Waals surface area contributed by atoms with E-state index < -0.39 is 0 Å². The van der Waals surface area contributed by atoms with Gasteiger partial charge in [-0.1, -0.05) is 39.0 Å². The monoisotopic (exact) mass is 416 g/mol. The minimum absolute atomic E-state index is 0.0293. The third-order valence-electron chi connectivity index (χ3n) is 6.11. The average molecular weight is 417 g/mol. The Morgan fingerprint density at radius 1 is 1.13 bits per heavy atom. The zero-order valence-electron chi connectivity index (χ0n) is 18.9. The zero-order valence-corrected chi connectivity index (χ0v) is 18.9. The van der Waals surface area contributed by atoms with Gasteiger partial charge in [-0.05, 0) is 55.8 Å². The Hall–Kier alpha value is -1.92. The molecule has 2 heterocycles. The summed E-state index contributed by atoms with van der Waals surface area (Å²) in [5, 5.41) is 0. The molecule has 30 heavy (non-hydrogen) atoms. The van der Waals surface area contributed by atoms with Crippen molar-refractivity contribution in [2.75, 3.05) is 26.7 Å². The number of imide groups is 1. The second kappa shape index (κ2) is 9.92. The number of likely N-dealkylation sites (tertiary alicyclic amines) is 1. The van der Waals surface area contributed by atoms with Gasteiger partial charge >= 0.3 is 0 Å². The van der Waals surface area contributed by atoms with Gasteiger partial charge in [-0.15, -0.1) is 0 Å². The molecular weight excluding hydrogens is 380 g/mol. The lowest BCUT2D eigenvalue weighted by atomic mass is 9.82. The van der Waals surface area contributed by atoms with Crippen molar-refractivity contribution in [3.05, 3.63) is 29.8 Å². The van der Waals surface area contributed by atoms with Crippen LogP contribution in [0.4, 0.5) is 0 Å². The number of carbonyl (C=O) groups is 2. The lowest BCUT2D eigenvalue weighted by Crippen LogP contribution is -2.51. The van der Waals surface area contributed by atoms with Crippen molar-refractivity contribution >= 4 is 11.8 Å². The summed E-state index contributed by atoms with van der Waals surface area (Å²) in [4.78, 5) is 28.6. The van der Waals surface area contributed by atoms with Gasteiger partial charge in [-0.25, -0.2) is 0 Å². The van der Waals surface area contributed by atoms with Gasteiger partial charge in [0.05, 0.1) is 6.04 Å². The second-order valence-corrected chi connectivity index (χ2v) is 9.30. The number of para-hydroxylation sites is 1. The maximum Gasteiger partial charge on any atom is 0.229 e. The fourth-order valence-corrected chi connectivity index (χ4v) is 4.60. The van der Waals surface area contributed by atoms with E-state index in [0.29, 0.717) is 19.4 Å². The van der Waals surface area contributed by atoms with Crippen LogP contribution in [0.3, 0.4) is 0 Å². The smallest absolute Gasteiger partial charge is 0.229 e. The van der Waals surface area contributed by atoms with Gasteiger partial charge in [-0.3, -0.25) is 19.4 Å². The maximum atomic E-state index is 12.4. The molecule has 2 aliphatic heterocycles. The minimum Gasteiger partial charge on any atom is -0.463 e. The van der Waals surface area contributed by atoms with Crippen LogP contribution in [0.2, 0.25) is 0 Å². The minimum atomic E-state index is -0.293. The van der Waals surface area contributed by atoms with Gasteiger partial charge < -0.3 is 9.47 Å².